The first-order chi connectivity index (χ1) is 22.5. The molecule has 2 aromatic heterocycles. The topological polar surface area (TPSA) is 103 Å². The van der Waals surface area contributed by atoms with Crippen LogP contribution in [0.5, 0.6) is 0 Å². The molecule has 1 N–H and O–H groups in total. The number of nitrogens with one attached hydrogen (secondary N) is 1. The standard InChI is InChI=1S/C33H37F6N5O4/c1-6-8-17-31(33(37,38)39,46-20-21-14-10-9-11-15-21)28-43-42-27(47-28)25-24(40-29(45)48-30(3,4)5)19-23(32(34,35)36)26(41-25)44-18-12-16-22(44)13-7-2/h6-7,9-11,14-15,19,22H,1-2,8,12-13,16-18,20H2,3-5H3,(H,40,45). The van der Waals surface area contributed by atoms with Gasteiger partial charge in [-0.25, -0.2) is 9.78 Å². The van der Waals surface area contributed by atoms with Crippen molar-refractivity contribution in [1.29, 1.82) is 0 Å². The number of hydrogen-bond acceptors (Lipinski definition) is 8. The highest BCUT2D eigenvalue weighted by Gasteiger charge is 2.61. The lowest BCUT2D eigenvalue weighted by Crippen LogP contribution is -2.45. The van der Waals surface area contributed by atoms with Gasteiger partial charge in [0.05, 0.1) is 12.3 Å². The van der Waals surface area contributed by atoms with Gasteiger partial charge in [0, 0.05) is 12.6 Å². The number of ether oxygens (including phenoxy) is 2. The normalized spacial score (nSPS) is 16.8. The van der Waals surface area contributed by atoms with Crippen LogP contribution >= 0.6 is 0 Å². The van der Waals surface area contributed by atoms with E-state index in [1.165, 1.54) is 11.0 Å². The molecule has 3 heterocycles. The van der Waals surface area contributed by atoms with Crippen LogP contribution in [-0.4, -0.2) is 45.6 Å². The number of carbonyl (C=O) groups excluding carboxylic acids is 1. The lowest BCUT2D eigenvalue weighted by Gasteiger charge is -2.32. The minimum absolute atomic E-state index is 0.167. The third-order valence-corrected chi connectivity index (χ3v) is 7.49. The van der Waals surface area contributed by atoms with Gasteiger partial charge in [-0.15, -0.1) is 23.4 Å². The number of halogens is 6. The van der Waals surface area contributed by atoms with Crippen LogP contribution in [-0.2, 0) is 27.9 Å². The Balaban J connectivity index is 1.90. The zero-order valence-electron chi connectivity index (χ0n) is 26.7. The number of anilines is 2. The van der Waals surface area contributed by atoms with Crippen molar-refractivity contribution in [2.24, 2.45) is 0 Å². The van der Waals surface area contributed by atoms with Crippen molar-refractivity contribution in [3.63, 3.8) is 0 Å². The summed E-state index contributed by atoms with van der Waals surface area (Å²) in [5.74, 6) is -2.19. The van der Waals surface area contributed by atoms with Crippen LogP contribution in [0, 0.1) is 0 Å². The third-order valence-electron chi connectivity index (χ3n) is 7.49. The van der Waals surface area contributed by atoms with Crippen molar-refractivity contribution < 1.29 is 45.0 Å². The molecule has 260 valence electrons. The van der Waals surface area contributed by atoms with E-state index in [0.717, 1.165) is 0 Å². The van der Waals surface area contributed by atoms with E-state index in [1.807, 2.05) is 0 Å². The van der Waals surface area contributed by atoms with Gasteiger partial charge in [-0.3, -0.25) is 5.32 Å². The van der Waals surface area contributed by atoms with E-state index in [-0.39, 0.29) is 19.0 Å². The van der Waals surface area contributed by atoms with Gasteiger partial charge in [-0.2, -0.15) is 26.3 Å². The summed E-state index contributed by atoms with van der Waals surface area (Å²) in [7, 11) is 0. The number of amides is 1. The van der Waals surface area contributed by atoms with Gasteiger partial charge in [0.2, 0.25) is 5.60 Å². The van der Waals surface area contributed by atoms with Crippen molar-refractivity contribution >= 4 is 17.6 Å². The molecule has 0 spiro atoms. The Hall–Kier alpha value is -4.40. The van der Waals surface area contributed by atoms with E-state index >= 15 is 0 Å². The van der Waals surface area contributed by atoms with Gasteiger partial charge in [-0.1, -0.05) is 42.5 Å². The average Bonchev–Trinajstić information content (AvgIpc) is 3.66. The third kappa shape index (κ3) is 8.35. The van der Waals surface area contributed by atoms with Crippen LogP contribution < -0.4 is 10.2 Å². The number of rotatable bonds is 12. The molecule has 1 aliphatic heterocycles. The van der Waals surface area contributed by atoms with Crippen LogP contribution in [0.15, 0.2) is 66.1 Å². The molecule has 2 atom stereocenters. The maximum absolute atomic E-state index is 15.0. The van der Waals surface area contributed by atoms with Gasteiger partial charge in [-0.05, 0) is 64.5 Å². The van der Waals surface area contributed by atoms with Crippen LogP contribution in [0.25, 0.3) is 11.6 Å². The Bertz CT molecular complexity index is 1590. The van der Waals surface area contributed by atoms with E-state index in [9.17, 15) is 31.1 Å². The van der Waals surface area contributed by atoms with E-state index in [1.54, 1.807) is 57.2 Å². The molecule has 4 rings (SSSR count). The lowest BCUT2D eigenvalue weighted by molar-refractivity contribution is -0.299. The molecule has 48 heavy (non-hydrogen) atoms. The van der Waals surface area contributed by atoms with Crippen LogP contribution in [0.3, 0.4) is 0 Å². The zero-order chi connectivity index (χ0) is 35.3. The monoisotopic (exact) mass is 681 g/mol. The smallest absolute Gasteiger partial charge is 0.426 e. The second kappa shape index (κ2) is 14.4. The average molecular weight is 682 g/mol. The summed E-state index contributed by atoms with van der Waals surface area (Å²) >= 11 is 0. The number of benzene rings is 1. The first-order valence-electron chi connectivity index (χ1n) is 15.2. The van der Waals surface area contributed by atoms with Gasteiger partial charge in [0.25, 0.3) is 11.8 Å². The molecule has 9 nitrogen and oxygen atoms in total. The molecule has 0 saturated carbocycles. The Kier molecular flexibility index (Phi) is 10.9. The maximum Gasteiger partial charge on any atom is 0.426 e. The number of aromatic nitrogens is 3. The first kappa shape index (κ1) is 36.4. The highest BCUT2D eigenvalue weighted by molar-refractivity contribution is 5.90. The van der Waals surface area contributed by atoms with Crippen molar-refractivity contribution in [3.05, 3.63) is 78.7 Å². The quantitative estimate of drug-likeness (QED) is 0.149. The Morgan fingerprint density at radius 3 is 2.40 bits per heavy atom. The van der Waals surface area contributed by atoms with Crippen LogP contribution in [0.4, 0.5) is 42.6 Å². The first-order valence-corrected chi connectivity index (χ1v) is 15.2. The van der Waals surface area contributed by atoms with Crippen LogP contribution in [0.1, 0.15) is 69.9 Å². The molecule has 1 aromatic carbocycles. The fraction of sp³-hybridized carbons (Fsp3) is 0.455. The minimum Gasteiger partial charge on any atom is -0.444 e. The molecule has 1 saturated heterocycles. The summed E-state index contributed by atoms with van der Waals surface area (Å²) < 4.78 is 105. The summed E-state index contributed by atoms with van der Waals surface area (Å²) in [6.45, 7) is 11.6. The fourth-order valence-corrected chi connectivity index (χ4v) is 5.31. The molecule has 1 fully saturated rings. The Morgan fingerprint density at radius 2 is 1.79 bits per heavy atom. The maximum atomic E-state index is 15.0. The second-order valence-electron chi connectivity index (χ2n) is 12.2. The molecule has 1 aliphatic rings. The highest BCUT2D eigenvalue weighted by atomic mass is 19.4. The number of carbonyl (C=O) groups is 1. The second-order valence-corrected chi connectivity index (χ2v) is 12.2. The van der Waals surface area contributed by atoms with E-state index in [2.05, 4.69) is 33.7 Å². The van der Waals surface area contributed by atoms with E-state index in [4.69, 9.17) is 13.9 Å². The van der Waals surface area contributed by atoms with Gasteiger partial charge in [0.15, 0.2) is 5.69 Å². The lowest BCUT2D eigenvalue weighted by atomic mass is 9.96. The molecule has 15 heteroatoms. The van der Waals surface area contributed by atoms with Gasteiger partial charge >= 0.3 is 18.4 Å². The molecule has 1 amide bonds. The molecule has 2 unspecified atom stereocenters. The van der Waals surface area contributed by atoms with Crippen molar-refractivity contribution in [3.8, 4) is 11.6 Å². The molecule has 0 bridgehead atoms. The van der Waals surface area contributed by atoms with Gasteiger partial charge in [0.1, 0.15) is 17.0 Å². The summed E-state index contributed by atoms with van der Waals surface area (Å²) in [4.78, 5) is 18.5. The molecule has 0 radical (unpaired) electrons. The molecule has 0 aliphatic carbocycles. The number of alkyl halides is 6. The van der Waals surface area contributed by atoms with Crippen molar-refractivity contribution in [1.82, 2.24) is 15.2 Å². The van der Waals surface area contributed by atoms with Crippen molar-refractivity contribution in [2.45, 2.75) is 89.1 Å². The van der Waals surface area contributed by atoms with E-state index < -0.39 is 77.2 Å². The summed E-state index contributed by atoms with van der Waals surface area (Å²) in [6, 6.07) is 8.37. The van der Waals surface area contributed by atoms with Crippen LogP contribution in [0.2, 0.25) is 0 Å². The predicted octanol–water partition coefficient (Wildman–Crippen LogP) is 8.98. The summed E-state index contributed by atoms with van der Waals surface area (Å²) in [6.07, 6.45) is -7.70. The molecular weight excluding hydrogens is 644 g/mol. The van der Waals surface area contributed by atoms with E-state index in [0.29, 0.717) is 30.9 Å². The van der Waals surface area contributed by atoms with Gasteiger partial charge < -0.3 is 18.8 Å². The Morgan fingerprint density at radius 1 is 1.08 bits per heavy atom. The number of pyridine rings is 1. The largest absolute Gasteiger partial charge is 0.444 e. The zero-order valence-corrected chi connectivity index (χ0v) is 26.7. The Labute approximate surface area is 274 Å². The minimum atomic E-state index is -5.08. The fourth-order valence-electron chi connectivity index (χ4n) is 5.31. The number of hydrogen-bond donors (Lipinski definition) is 1. The summed E-state index contributed by atoms with van der Waals surface area (Å²) in [5, 5.41) is 9.72. The highest BCUT2D eigenvalue weighted by Crippen LogP contribution is 2.48. The molecular formula is C33H37F6N5O4. The summed E-state index contributed by atoms with van der Waals surface area (Å²) in [5.41, 5.74) is -5.97. The number of allylic oxidation sites excluding steroid dienone is 1. The molecule has 3 aromatic rings. The predicted molar refractivity (Wildman–Crippen MR) is 166 cm³/mol. The SMILES string of the molecule is C=CCCC(OCc1ccccc1)(c1nnc(-c2nc(N3CCCC3CC=C)c(C(F)(F)F)cc2NC(=O)OC(C)(C)C)o1)C(F)(F)F. The number of nitrogens with zero attached hydrogens (tertiary/aromatic N) is 4. The van der Waals surface area contributed by atoms with Crippen molar-refractivity contribution in [2.75, 3.05) is 16.8 Å².